The van der Waals surface area contributed by atoms with Crippen molar-refractivity contribution >= 4 is 32.9 Å². The number of nitrogens with zero attached hydrogens (tertiary/aromatic N) is 2. The molecule has 2 nitrogen and oxygen atoms in total. The second-order valence-electron chi connectivity index (χ2n) is 10.3. The van der Waals surface area contributed by atoms with Gasteiger partial charge < -0.3 is 9.80 Å². The SMILES string of the molecule is CN1Cc2[c-]c(ccc2)-c2c(ccc3cc4ccccc4cc23)N(C)Cc2[c-]c(ccc2)-c2ccccc21.[Pt+4]. The molecule has 39 heavy (non-hydrogen) atoms. The molecule has 0 saturated heterocycles. The molecule has 0 atom stereocenters. The molecule has 0 saturated carbocycles. The molecule has 0 N–H and O–H groups in total. The Morgan fingerprint density at radius 1 is 0.538 bits per heavy atom. The molecule has 0 aromatic heterocycles. The van der Waals surface area contributed by atoms with E-state index in [4.69, 9.17) is 0 Å². The van der Waals surface area contributed by atoms with Gasteiger partial charge in [-0.2, -0.15) is 0 Å². The van der Waals surface area contributed by atoms with Crippen molar-refractivity contribution in [3.63, 3.8) is 0 Å². The van der Waals surface area contributed by atoms with Crippen LogP contribution in [0.2, 0.25) is 0 Å². The van der Waals surface area contributed by atoms with E-state index in [9.17, 15) is 0 Å². The molecule has 190 valence electrons. The predicted octanol–water partition coefficient (Wildman–Crippen LogP) is 8.51. The maximum absolute atomic E-state index is 3.81. The first-order valence-corrected chi connectivity index (χ1v) is 13.1. The van der Waals surface area contributed by atoms with E-state index in [-0.39, 0.29) is 21.1 Å². The maximum atomic E-state index is 3.81. The minimum atomic E-state index is 0. The van der Waals surface area contributed by atoms with Gasteiger partial charge >= 0.3 is 21.1 Å². The van der Waals surface area contributed by atoms with Gasteiger partial charge in [0.2, 0.25) is 0 Å². The molecule has 0 amide bonds. The van der Waals surface area contributed by atoms with Crippen molar-refractivity contribution in [2.75, 3.05) is 23.9 Å². The molecule has 7 rings (SSSR count). The third-order valence-corrected chi connectivity index (χ3v) is 7.68. The first kappa shape index (κ1) is 25.4. The van der Waals surface area contributed by atoms with E-state index in [1.54, 1.807) is 0 Å². The second-order valence-corrected chi connectivity index (χ2v) is 10.3. The third-order valence-electron chi connectivity index (χ3n) is 7.68. The van der Waals surface area contributed by atoms with Gasteiger partial charge in [0.1, 0.15) is 0 Å². The van der Waals surface area contributed by atoms with Crippen LogP contribution in [0.4, 0.5) is 11.4 Å². The van der Waals surface area contributed by atoms with Crippen LogP contribution >= 0.6 is 0 Å². The molecule has 0 spiro atoms. The van der Waals surface area contributed by atoms with E-state index < -0.39 is 0 Å². The maximum Gasteiger partial charge on any atom is 4.00 e. The Balaban J connectivity index is 0.00000277. The van der Waals surface area contributed by atoms with E-state index in [2.05, 4.69) is 145 Å². The Morgan fingerprint density at radius 3 is 1.92 bits per heavy atom. The summed E-state index contributed by atoms with van der Waals surface area (Å²) in [5.41, 5.74) is 9.41. The van der Waals surface area contributed by atoms with Gasteiger partial charge in [-0.1, -0.05) is 65.7 Å². The summed E-state index contributed by atoms with van der Waals surface area (Å²) in [5.74, 6) is 0. The van der Waals surface area contributed by atoms with Crippen molar-refractivity contribution in [1.29, 1.82) is 0 Å². The van der Waals surface area contributed by atoms with Gasteiger partial charge in [0.25, 0.3) is 0 Å². The fraction of sp³-hybridized carbons (Fsp3) is 0.111. The number of fused-ring (bicyclic) bond motifs is 11. The number of benzene rings is 6. The van der Waals surface area contributed by atoms with Crippen molar-refractivity contribution in [2.45, 2.75) is 13.1 Å². The standard InChI is InChI=1S/C36H28N2.Pt/c1-37-23-26-10-8-14-31(20-26)36-33-22-28-12-4-3-11-27(28)21-30(33)17-18-35(36)38(2)24-25-9-7-13-29(19-25)32-15-5-6-16-34(32)37;/h3-18,21-22H,23-24H2,1-2H3;/q-2;+4. The molecule has 0 radical (unpaired) electrons. The van der Waals surface area contributed by atoms with Gasteiger partial charge in [0.05, 0.1) is 0 Å². The fourth-order valence-corrected chi connectivity index (χ4v) is 5.84. The topological polar surface area (TPSA) is 6.48 Å². The molecule has 0 aliphatic carbocycles. The van der Waals surface area contributed by atoms with Crippen molar-refractivity contribution in [3.8, 4) is 22.3 Å². The number of hydrogen-bond acceptors (Lipinski definition) is 2. The molecule has 6 aromatic carbocycles. The summed E-state index contributed by atoms with van der Waals surface area (Å²) in [6.45, 7) is 1.53. The third kappa shape index (κ3) is 4.64. The largest absolute Gasteiger partial charge is 4.00 e. The molecule has 4 bridgehead atoms. The molecule has 0 unspecified atom stereocenters. The molecule has 1 heterocycles. The Bertz CT molecular complexity index is 1820. The van der Waals surface area contributed by atoms with Crippen LogP contribution in [0.15, 0.2) is 109 Å². The van der Waals surface area contributed by atoms with E-state index in [0.717, 1.165) is 24.2 Å². The van der Waals surface area contributed by atoms with Crippen LogP contribution in [-0.4, -0.2) is 14.1 Å². The molecule has 3 heteroatoms. The first-order valence-electron chi connectivity index (χ1n) is 13.1. The zero-order valence-corrected chi connectivity index (χ0v) is 24.3. The summed E-state index contributed by atoms with van der Waals surface area (Å²) in [6.07, 6.45) is 0. The summed E-state index contributed by atoms with van der Waals surface area (Å²) in [5, 5.41) is 5.02. The van der Waals surface area contributed by atoms with Crippen LogP contribution in [0.5, 0.6) is 0 Å². The number of rotatable bonds is 0. The van der Waals surface area contributed by atoms with Crippen molar-refractivity contribution in [2.24, 2.45) is 0 Å². The summed E-state index contributed by atoms with van der Waals surface area (Å²) in [7, 11) is 4.35. The van der Waals surface area contributed by atoms with Gasteiger partial charge in [0.15, 0.2) is 0 Å². The van der Waals surface area contributed by atoms with Crippen LogP contribution in [0.1, 0.15) is 11.1 Å². The average Bonchev–Trinajstić information content (AvgIpc) is 2.95. The Labute approximate surface area is 244 Å². The van der Waals surface area contributed by atoms with Crippen LogP contribution in [0.3, 0.4) is 0 Å². The number of para-hydroxylation sites is 1. The quantitative estimate of drug-likeness (QED) is 0.117. The van der Waals surface area contributed by atoms with Crippen LogP contribution < -0.4 is 9.80 Å². The monoisotopic (exact) mass is 683 g/mol. The Kier molecular flexibility index (Phi) is 6.75. The second kappa shape index (κ2) is 10.4. The van der Waals surface area contributed by atoms with Crippen LogP contribution in [0, 0.1) is 12.1 Å². The molecule has 0 fully saturated rings. The van der Waals surface area contributed by atoms with Gasteiger partial charge in [-0.3, -0.25) is 0 Å². The smallest absolute Gasteiger partial charge is 0.379 e. The normalized spacial score (nSPS) is 12.9. The van der Waals surface area contributed by atoms with Gasteiger partial charge in [-0.05, 0) is 39.7 Å². The average molecular weight is 684 g/mol. The van der Waals surface area contributed by atoms with Gasteiger partial charge in [-0.25, -0.2) is 0 Å². The van der Waals surface area contributed by atoms with Gasteiger partial charge in [-0.15, -0.1) is 70.8 Å². The van der Waals surface area contributed by atoms with E-state index in [1.807, 2.05) is 0 Å². The zero-order chi connectivity index (χ0) is 25.6. The van der Waals surface area contributed by atoms with Crippen LogP contribution in [-0.2, 0) is 34.2 Å². The Morgan fingerprint density at radius 2 is 1.15 bits per heavy atom. The van der Waals surface area contributed by atoms with Crippen LogP contribution in [0.25, 0.3) is 43.8 Å². The van der Waals surface area contributed by atoms with Gasteiger partial charge in [0, 0.05) is 38.6 Å². The fourth-order valence-electron chi connectivity index (χ4n) is 5.84. The number of anilines is 2. The molecular weight excluding hydrogens is 655 g/mol. The predicted molar refractivity (Wildman–Crippen MR) is 161 cm³/mol. The summed E-state index contributed by atoms with van der Waals surface area (Å²) in [4.78, 5) is 4.67. The van der Waals surface area contributed by atoms with Crippen molar-refractivity contribution < 1.29 is 21.1 Å². The van der Waals surface area contributed by atoms with E-state index in [0.29, 0.717) is 0 Å². The summed E-state index contributed by atoms with van der Waals surface area (Å²) >= 11 is 0. The minimum Gasteiger partial charge on any atom is -0.379 e. The summed E-state index contributed by atoms with van der Waals surface area (Å²) in [6, 6.07) is 47.0. The molecule has 1 aliphatic heterocycles. The molecule has 6 aromatic rings. The minimum absolute atomic E-state index is 0. The van der Waals surface area contributed by atoms with E-state index >= 15 is 0 Å². The zero-order valence-electron chi connectivity index (χ0n) is 22.0. The first-order chi connectivity index (χ1) is 18.6. The molecular formula is C36H28N2Pt+2. The molecule has 1 aliphatic rings. The summed E-state index contributed by atoms with van der Waals surface area (Å²) < 4.78 is 0. The number of hydrogen-bond donors (Lipinski definition) is 0. The van der Waals surface area contributed by atoms with E-state index in [1.165, 1.54) is 55.2 Å². The van der Waals surface area contributed by atoms with Crippen molar-refractivity contribution in [1.82, 2.24) is 0 Å². The van der Waals surface area contributed by atoms with Crippen molar-refractivity contribution in [3.05, 3.63) is 132 Å². The Hall–Kier alpha value is -3.87.